The molecule has 0 aliphatic rings. The van der Waals surface area contributed by atoms with Gasteiger partial charge in [-0.25, -0.2) is 0 Å². The van der Waals surface area contributed by atoms with Gasteiger partial charge in [-0.2, -0.15) is 8.42 Å². The van der Waals surface area contributed by atoms with Crippen LogP contribution in [-0.2, 0) is 9.15 Å². The minimum atomic E-state index is -3.94. The lowest BCUT2D eigenvalue weighted by atomic mass is 10.2. The Bertz CT molecular complexity index is 505. The molecule has 0 bridgehead atoms. The molecule has 0 fully saturated rings. The second-order valence-corrected chi connectivity index (χ2v) is 7.89. The predicted octanol–water partition coefficient (Wildman–Crippen LogP) is 2.28. The summed E-state index contributed by atoms with van der Waals surface area (Å²) in [6.45, 7) is 5.18. The Hall–Kier alpha value is -0.760. The summed E-state index contributed by atoms with van der Waals surface area (Å²) in [7, 11) is -3.42. The Morgan fingerprint density at radius 1 is 1.45 bits per heavy atom. The normalized spacial score (nSPS) is 13.2. The Labute approximate surface area is 124 Å². The second-order valence-electron chi connectivity index (χ2n) is 4.42. The Kier molecular flexibility index (Phi) is 7.36. The van der Waals surface area contributed by atoms with Crippen molar-refractivity contribution >= 4 is 19.9 Å². The van der Waals surface area contributed by atoms with Crippen molar-refractivity contribution in [3.05, 3.63) is 29.8 Å². The summed E-state index contributed by atoms with van der Waals surface area (Å²) in [5, 5.41) is 3.12. The fourth-order valence-corrected chi connectivity index (χ4v) is 2.95. The Balaban J connectivity index is 2.29. The van der Waals surface area contributed by atoms with Crippen LogP contribution < -0.4 is 10.1 Å². The molecule has 1 aromatic rings. The van der Waals surface area contributed by atoms with Crippen molar-refractivity contribution in [3.8, 4) is 5.75 Å². The molecule has 0 saturated heterocycles. The minimum Gasteiger partial charge on any atom is -0.489 e. The number of hydrogen-bond acceptors (Lipinski definition) is 5. The molecular formula is C13H21NO4S2. The van der Waals surface area contributed by atoms with E-state index in [-0.39, 0.29) is 6.10 Å². The molecule has 1 unspecified atom stereocenters. The van der Waals surface area contributed by atoms with Crippen molar-refractivity contribution in [3.63, 3.8) is 0 Å². The molecule has 7 heteroatoms. The smallest absolute Gasteiger partial charge is 0.319 e. The molecule has 0 radical (unpaired) electrons. The quantitative estimate of drug-likeness (QED) is 0.413. The number of aryl methyl sites for hydroxylation is 1. The van der Waals surface area contributed by atoms with Crippen LogP contribution in [0.5, 0.6) is 5.75 Å². The van der Waals surface area contributed by atoms with Gasteiger partial charge in [-0.05, 0) is 41.8 Å². The number of rotatable bonds is 9. The number of benzene rings is 1. The standard InChI is InChI=1S/C13H21NO4S2/c1-3-12(10-14-7-8-19-20(15,16)17)18-13-6-4-5-11(2)9-13/h4-6,9,12,14H,3,7-8,10H2,1-2H3,(H,15,16,17). The Morgan fingerprint density at radius 2 is 2.20 bits per heavy atom. The molecule has 0 amide bonds. The van der Waals surface area contributed by atoms with E-state index >= 15 is 0 Å². The van der Waals surface area contributed by atoms with Crippen molar-refractivity contribution in [1.82, 2.24) is 5.32 Å². The number of hydrogen-bond donors (Lipinski definition) is 2. The summed E-state index contributed by atoms with van der Waals surface area (Å²) in [6.07, 6.45) is 0.888. The maximum absolute atomic E-state index is 10.5. The zero-order valence-corrected chi connectivity index (χ0v) is 13.3. The van der Waals surface area contributed by atoms with Gasteiger partial charge < -0.3 is 10.1 Å². The van der Waals surface area contributed by atoms with Gasteiger partial charge in [0.1, 0.15) is 11.9 Å². The lowest BCUT2D eigenvalue weighted by Crippen LogP contribution is -2.32. The minimum absolute atomic E-state index is 0.0348. The van der Waals surface area contributed by atoms with Crippen LogP contribution in [-0.4, -0.2) is 37.9 Å². The highest BCUT2D eigenvalue weighted by Gasteiger charge is 2.09. The first kappa shape index (κ1) is 17.3. The SMILES string of the molecule is CCC(CNCCSS(=O)(=O)O)Oc1cccc(C)c1. The van der Waals surface area contributed by atoms with Crippen LogP contribution in [0.25, 0.3) is 0 Å². The van der Waals surface area contributed by atoms with Gasteiger partial charge >= 0.3 is 9.15 Å². The van der Waals surface area contributed by atoms with Crippen LogP contribution in [0.4, 0.5) is 0 Å². The van der Waals surface area contributed by atoms with Crippen molar-refractivity contribution in [2.45, 2.75) is 26.4 Å². The van der Waals surface area contributed by atoms with Crippen LogP contribution >= 0.6 is 10.8 Å². The molecule has 5 nitrogen and oxygen atoms in total. The van der Waals surface area contributed by atoms with Gasteiger partial charge in [0.25, 0.3) is 0 Å². The van der Waals surface area contributed by atoms with Crippen molar-refractivity contribution in [2.24, 2.45) is 0 Å². The van der Waals surface area contributed by atoms with Gasteiger partial charge in [-0.3, -0.25) is 4.55 Å². The van der Waals surface area contributed by atoms with E-state index in [4.69, 9.17) is 9.29 Å². The molecule has 114 valence electrons. The van der Waals surface area contributed by atoms with E-state index in [0.717, 1.165) is 17.7 Å². The highest BCUT2D eigenvalue weighted by molar-refractivity contribution is 8.69. The second kappa shape index (κ2) is 8.51. The molecule has 20 heavy (non-hydrogen) atoms. The fraction of sp³-hybridized carbons (Fsp3) is 0.538. The molecule has 0 saturated carbocycles. The van der Waals surface area contributed by atoms with E-state index in [2.05, 4.69) is 5.32 Å². The van der Waals surface area contributed by atoms with Crippen LogP contribution in [0, 0.1) is 6.92 Å². The van der Waals surface area contributed by atoms with Gasteiger partial charge in [0.15, 0.2) is 0 Å². The maximum Gasteiger partial charge on any atom is 0.319 e. The zero-order valence-electron chi connectivity index (χ0n) is 11.7. The number of nitrogens with one attached hydrogen (secondary N) is 1. The first-order chi connectivity index (χ1) is 9.40. The summed E-state index contributed by atoms with van der Waals surface area (Å²) in [4.78, 5) is 0. The van der Waals surface area contributed by atoms with Crippen molar-refractivity contribution < 1.29 is 17.7 Å². The molecule has 1 atom stereocenters. The molecular weight excluding hydrogens is 298 g/mol. The lowest BCUT2D eigenvalue weighted by Gasteiger charge is -2.18. The molecule has 1 aromatic carbocycles. The third-order valence-corrected chi connectivity index (χ3v) is 4.69. The van der Waals surface area contributed by atoms with Crippen molar-refractivity contribution in [2.75, 3.05) is 18.8 Å². The fourth-order valence-electron chi connectivity index (χ4n) is 1.63. The van der Waals surface area contributed by atoms with Crippen LogP contribution in [0.15, 0.2) is 24.3 Å². The Morgan fingerprint density at radius 3 is 2.80 bits per heavy atom. The van der Waals surface area contributed by atoms with E-state index in [0.29, 0.717) is 29.6 Å². The summed E-state index contributed by atoms with van der Waals surface area (Å²) in [5.74, 6) is 1.14. The summed E-state index contributed by atoms with van der Waals surface area (Å²) in [6, 6.07) is 7.87. The van der Waals surface area contributed by atoms with Gasteiger partial charge in [0, 0.05) is 18.8 Å². The third-order valence-electron chi connectivity index (χ3n) is 2.63. The maximum atomic E-state index is 10.5. The van der Waals surface area contributed by atoms with E-state index in [9.17, 15) is 8.42 Å². The third kappa shape index (κ3) is 7.74. The van der Waals surface area contributed by atoms with Crippen LogP contribution in [0.1, 0.15) is 18.9 Å². The largest absolute Gasteiger partial charge is 0.489 e. The summed E-state index contributed by atoms with van der Waals surface area (Å²) in [5.41, 5.74) is 1.15. The lowest BCUT2D eigenvalue weighted by molar-refractivity contribution is 0.194. The molecule has 0 spiro atoms. The molecule has 0 heterocycles. The van der Waals surface area contributed by atoms with E-state index in [1.807, 2.05) is 38.1 Å². The van der Waals surface area contributed by atoms with Gasteiger partial charge in [-0.1, -0.05) is 19.1 Å². The highest BCUT2D eigenvalue weighted by Crippen LogP contribution is 2.15. The van der Waals surface area contributed by atoms with Crippen LogP contribution in [0.2, 0.25) is 0 Å². The van der Waals surface area contributed by atoms with E-state index in [1.54, 1.807) is 0 Å². The highest BCUT2D eigenvalue weighted by atomic mass is 33.1. The summed E-state index contributed by atoms with van der Waals surface area (Å²) >= 11 is 0. The molecule has 0 aliphatic heterocycles. The average Bonchev–Trinajstić information content (AvgIpc) is 2.35. The molecule has 1 rings (SSSR count). The molecule has 2 N–H and O–H groups in total. The topological polar surface area (TPSA) is 75.6 Å². The van der Waals surface area contributed by atoms with Gasteiger partial charge in [0.2, 0.25) is 0 Å². The average molecular weight is 319 g/mol. The molecule has 0 aromatic heterocycles. The van der Waals surface area contributed by atoms with Gasteiger partial charge in [-0.15, -0.1) is 0 Å². The summed E-state index contributed by atoms with van der Waals surface area (Å²) < 4.78 is 35.5. The first-order valence-corrected chi connectivity index (χ1v) is 9.41. The zero-order chi connectivity index (χ0) is 15.0. The van der Waals surface area contributed by atoms with Crippen LogP contribution in [0.3, 0.4) is 0 Å². The number of ether oxygens (including phenoxy) is 1. The van der Waals surface area contributed by atoms with Crippen molar-refractivity contribution in [1.29, 1.82) is 0 Å². The van der Waals surface area contributed by atoms with E-state index < -0.39 is 9.15 Å². The first-order valence-electron chi connectivity index (χ1n) is 6.46. The monoisotopic (exact) mass is 319 g/mol. The molecule has 0 aliphatic carbocycles. The van der Waals surface area contributed by atoms with E-state index in [1.165, 1.54) is 0 Å². The predicted molar refractivity (Wildman–Crippen MR) is 82.8 cm³/mol. The van der Waals surface area contributed by atoms with Gasteiger partial charge in [0.05, 0.1) is 0 Å².